The lowest BCUT2D eigenvalue weighted by molar-refractivity contribution is 0.0978. The highest BCUT2D eigenvalue weighted by Crippen LogP contribution is 2.45. The van der Waals surface area contributed by atoms with Crippen molar-refractivity contribution in [3.05, 3.63) is 58.7 Å². The molecule has 0 heterocycles. The van der Waals surface area contributed by atoms with Crippen molar-refractivity contribution in [2.75, 3.05) is 21.3 Å². The van der Waals surface area contributed by atoms with E-state index in [4.69, 9.17) is 14.2 Å². The molecule has 2 aromatic rings. The number of hydrogen-bond acceptors (Lipinski definition) is 4. The van der Waals surface area contributed by atoms with Crippen LogP contribution in [0.3, 0.4) is 0 Å². The van der Waals surface area contributed by atoms with Crippen molar-refractivity contribution in [1.82, 2.24) is 0 Å². The van der Waals surface area contributed by atoms with Gasteiger partial charge >= 0.3 is 0 Å². The first kappa shape index (κ1) is 18.1. The maximum absolute atomic E-state index is 12.9. The van der Waals surface area contributed by atoms with Gasteiger partial charge in [-0.05, 0) is 48.7 Å². The molecule has 3 rings (SSSR count). The Morgan fingerprint density at radius 2 is 1.69 bits per heavy atom. The molecule has 0 amide bonds. The largest absolute Gasteiger partial charge is 0.496 e. The second-order valence-corrected chi connectivity index (χ2v) is 6.53. The highest BCUT2D eigenvalue weighted by Gasteiger charge is 2.28. The van der Waals surface area contributed by atoms with E-state index in [0.717, 1.165) is 22.4 Å². The maximum atomic E-state index is 12.9. The van der Waals surface area contributed by atoms with E-state index >= 15 is 0 Å². The zero-order chi connectivity index (χ0) is 18.8. The number of carbonyl (C=O) groups is 1. The monoisotopic (exact) mass is 352 g/mol. The fraction of sp³-hybridized carbons (Fsp3) is 0.318. The molecule has 0 bridgehead atoms. The zero-order valence-electron chi connectivity index (χ0n) is 15.9. The van der Waals surface area contributed by atoms with Gasteiger partial charge in [-0.1, -0.05) is 18.2 Å². The Labute approximate surface area is 154 Å². The Morgan fingerprint density at radius 3 is 2.35 bits per heavy atom. The van der Waals surface area contributed by atoms with E-state index in [-0.39, 0.29) is 11.7 Å². The maximum Gasteiger partial charge on any atom is 0.163 e. The number of ketones is 1. The smallest absolute Gasteiger partial charge is 0.163 e. The van der Waals surface area contributed by atoms with Crippen LogP contribution < -0.4 is 14.2 Å². The molecule has 1 unspecified atom stereocenters. The summed E-state index contributed by atoms with van der Waals surface area (Å²) >= 11 is 0. The Balaban J connectivity index is 1.92. The van der Waals surface area contributed by atoms with Crippen molar-refractivity contribution in [3.8, 4) is 17.2 Å². The van der Waals surface area contributed by atoms with Crippen LogP contribution in [0.1, 0.15) is 46.3 Å². The van der Waals surface area contributed by atoms with Gasteiger partial charge in [0.05, 0.1) is 21.3 Å². The van der Waals surface area contributed by atoms with Crippen molar-refractivity contribution in [1.29, 1.82) is 0 Å². The highest BCUT2D eigenvalue weighted by molar-refractivity contribution is 5.98. The quantitative estimate of drug-likeness (QED) is 0.701. The molecule has 26 heavy (non-hydrogen) atoms. The Bertz CT molecular complexity index is 880. The molecule has 0 N–H and O–H groups in total. The Hall–Kier alpha value is -2.75. The minimum atomic E-state index is 0.0143. The molecule has 0 fully saturated rings. The van der Waals surface area contributed by atoms with Gasteiger partial charge in [-0.15, -0.1) is 0 Å². The van der Waals surface area contributed by atoms with Gasteiger partial charge in [0, 0.05) is 23.5 Å². The lowest BCUT2D eigenvalue weighted by Gasteiger charge is -2.17. The number of benzene rings is 2. The summed E-state index contributed by atoms with van der Waals surface area (Å²) in [6.45, 7) is 4.11. The van der Waals surface area contributed by atoms with E-state index in [1.807, 2.05) is 6.92 Å². The van der Waals surface area contributed by atoms with Crippen LogP contribution >= 0.6 is 0 Å². The van der Waals surface area contributed by atoms with E-state index in [0.29, 0.717) is 23.5 Å². The van der Waals surface area contributed by atoms with E-state index in [9.17, 15) is 4.79 Å². The fourth-order valence-corrected chi connectivity index (χ4v) is 3.65. The normalized spacial score (nSPS) is 15.3. The molecule has 1 aliphatic rings. The lowest BCUT2D eigenvalue weighted by Crippen LogP contribution is -2.07. The van der Waals surface area contributed by atoms with Crippen LogP contribution in [-0.4, -0.2) is 27.1 Å². The number of ether oxygens (including phenoxy) is 3. The number of hydrogen-bond donors (Lipinski definition) is 0. The van der Waals surface area contributed by atoms with Crippen molar-refractivity contribution in [2.24, 2.45) is 0 Å². The van der Waals surface area contributed by atoms with Gasteiger partial charge in [0.15, 0.2) is 17.3 Å². The predicted octanol–water partition coefficient (Wildman–Crippen LogP) is 4.79. The van der Waals surface area contributed by atoms with E-state index in [1.165, 1.54) is 5.57 Å². The van der Waals surface area contributed by atoms with Gasteiger partial charge in [0.25, 0.3) is 0 Å². The van der Waals surface area contributed by atoms with E-state index in [1.54, 1.807) is 39.5 Å². The Morgan fingerprint density at radius 1 is 0.962 bits per heavy atom. The third kappa shape index (κ3) is 3.07. The van der Waals surface area contributed by atoms with Crippen LogP contribution in [0.5, 0.6) is 17.2 Å². The topological polar surface area (TPSA) is 44.8 Å². The second-order valence-electron chi connectivity index (χ2n) is 6.53. The van der Waals surface area contributed by atoms with Crippen LogP contribution in [0.25, 0.3) is 5.57 Å². The summed E-state index contributed by atoms with van der Waals surface area (Å²) in [5.41, 5.74) is 5.16. The molecule has 4 heteroatoms. The molecule has 0 radical (unpaired) electrons. The lowest BCUT2D eigenvalue weighted by atomic mass is 9.91. The standard InChI is InChI=1S/C22H24O4/c1-13-6-8-17-14(2)10-16(21(17)22(13)26-5)11-18(23)15-7-9-19(24-3)20(12-15)25-4/h6-10,12,16H,11H2,1-5H3. The summed E-state index contributed by atoms with van der Waals surface area (Å²) in [6.07, 6.45) is 2.55. The fourth-order valence-electron chi connectivity index (χ4n) is 3.65. The average Bonchev–Trinajstić information content (AvgIpc) is 2.96. The summed E-state index contributed by atoms with van der Waals surface area (Å²) in [7, 11) is 4.83. The highest BCUT2D eigenvalue weighted by atomic mass is 16.5. The van der Waals surface area contributed by atoms with Crippen LogP contribution in [0.15, 0.2) is 36.4 Å². The first-order chi connectivity index (χ1) is 12.5. The van der Waals surface area contributed by atoms with Crippen molar-refractivity contribution < 1.29 is 19.0 Å². The number of methoxy groups -OCH3 is 3. The van der Waals surface area contributed by atoms with Gasteiger partial charge in [-0.2, -0.15) is 0 Å². The number of fused-ring (bicyclic) bond motifs is 1. The molecule has 0 saturated heterocycles. The third-order valence-corrected chi connectivity index (χ3v) is 4.95. The first-order valence-corrected chi connectivity index (χ1v) is 8.61. The van der Waals surface area contributed by atoms with Crippen LogP contribution in [0.4, 0.5) is 0 Å². The number of allylic oxidation sites excluding steroid dienone is 2. The van der Waals surface area contributed by atoms with Gasteiger partial charge in [0.2, 0.25) is 0 Å². The third-order valence-electron chi connectivity index (χ3n) is 4.95. The van der Waals surface area contributed by atoms with Gasteiger partial charge in [-0.3, -0.25) is 4.79 Å². The summed E-state index contributed by atoms with van der Waals surface area (Å²) in [5.74, 6) is 2.13. The minimum absolute atomic E-state index is 0.0143. The molecular weight excluding hydrogens is 328 g/mol. The number of Topliss-reactive ketones (excluding diaryl/α,β-unsaturated/α-hetero) is 1. The van der Waals surface area contributed by atoms with Crippen LogP contribution in [-0.2, 0) is 0 Å². The van der Waals surface area contributed by atoms with Crippen molar-refractivity contribution in [3.63, 3.8) is 0 Å². The summed E-state index contributed by atoms with van der Waals surface area (Å²) in [4.78, 5) is 12.9. The van der Waals surface area contributed by atoms with Crippen molar-refractivity contribution >= 4 is 11.4 Å². The minimum Gasteiger partial charge on any atom is -0.496 e. The average molecular weight is 352 g/mol. The number of carbonyl (C=O) groups excluding carboxylic acids is 1. The summed E-state index contributed by atoms with van der Waals surface area (Å²) < 4.78 is 16.2. The molecule has 0 saturated carbocycles. The van der Waals surface area contributed by atoms with Gasteiger partial charge in [-0.25, -0.2) is 0 Å². The number of aryl methyl sites for hydroxylation is 1. The molecular formula is C22H24O4. The molecule has 136 valence electrons. The van der Waals surface area contributed by atoms with E-state index in [2.05, 4.69) is 25.1 Å². The zero-order valence-corrected chi connectivity index (χ0v) is 15.9. The molecule has 0 aliphatic heterocycles. The molecule has 0 spiro atoms. The molecule has 2 aromatic carbocycles. The molecule has 1 atom stereocenters. The summed E-state index contributed by atoms with van der Waals surface area (Å²) in [6, 6.07) is 9.46. The molecule has 4 nitrogen and oxygen atoms in total. The molecule has 0 aromatic heterocycles. The van der Waals surface area contributed by atoms with Gasteiger partial charge in [0.1, 0.15) is 5.75 Å². The van der Waals surface area contributed by atoms with Crippen LogP contribution in [0, 0.1) is 6.92 Å². The first-order valence-electron chi connectivity index (χ1n) is 8.61. The summed E-state index contributed by atoms with van der Waals surface area (Å²) in [5, 5.41) is 0. The second kappa shape index (κ2) is 7.24. The molecule has 1 aliphatic carbocycles. The van der Waals surface area contributed by atoms with Crippen LogP contribution in [0.2, 0.25) is 0 Å². The SMILES string of the molecule is COc1ccc(C(=O)CC2C=C(C)c3ccc(C)c(OC)c32)cc1OC. The number of rotatable bonds is 6. The Kier molecular flexibility index (Phi) is 5.03. The van der Waals surface area contributed by atoms with Gasteiger partial charge < -0.3 is 14.2 Å². The van der Waals surface area contributed by atoms with E-state index < -0.39 is 0 Å². The van der Waals surface area contributed by atoms with Crippen molar-refractivity contribution in [2.45, 2.75) is 26.2 Å². The predicted molar refractivity (Wildman–Crippen MR) is 103 cm³/mol.